The quantitative estimate of drug-likeness (QED) is 0.791. The molecule has 0 fully saturated rings. The van der Waals surface area contributed by atoms with Crippen LogP contribution in [0.2, 0.25) is 0 Å². The van der Waals surface area contributed by atoms with Crippen molar-refractivity contribution < 1.29 is 19.4 Å². The molecule has 0 aliphatic heterocycles. The second-order valence-electron chi connectivity index (χ2n) is 3.52. The maximum absolute atomic E-state index is 11.4. The Balaban J connectivity index is 2.20. The first kappa shape index (κ1) is 11.3. The Labute approximate surface area is 97.8 Å². The Morgan fingerprint density at radius 3 is 2.76 bits per heavy atom. The van der Waals surface area contributed by atoms with Crippen LogP contribution < -0.4 is 4.74 Å². The number of allylic oxidation sites excluding steroid dienone is 3. The summed E-state index contributed by atoms with van der Waals surface area (Å²) >= 11 is 0. The fourth-order valence-corrected chi connectivity index (χ4v) is 1.40. The normalized spacial score (nSPS) is 14.8. The van der Waals surface area contributed by atoms with Gasteiger partial charge in [0.25, 0.3) is 0 Å². The number of aliphatic hydroxyl groups is 1. The molecule has 1 aromatic rings. The monoisotopic (exact) mass is 230 g/mol. The number of ether oxygens (including phenoxy) is 1. The molecule has 0 atom stereocenters. The van der Waals surface area contributed by atoms with E-state index in [1.54, 1.807) is 24.3 Å². The summed E-state index contributed by atoms with van der Waals surface area (Å²) in [4.78, 5) is 22.5. The minimum atomic E-state index is -0.348. The lowest BCUT2D eigenvalue weighted by Gasteiger charge is -2.09. The molecule has 0 bridgehead atoms. The Kier molecular flexibility index (Phi) is 3.16. The van der Waals surface area contributed by atoms with Crippen LogP contribution in [-0.4, -0.2) is 16.7 Å². The predicted molar refractivity (Wildman–Crippen MR) is 60.2 cm³/mol. The van der Waals surface area contributed by atoms with E-state index in [1.807, 2.05) is 0 Å². The van der Waals surface area contributed by atoms with Gasteiger partial charge >= 0.3 is 0 Å². The molecule has 4 heteroatoms. The Hall–Kier alpha value is -2.20. The zero-order chi connectivity index (χ0) is 12.3. The molecule has 4 nitrogen and oxygen atoms in total. The van der Waals surface area contributed by atoms with E-state index in [-0.39, 0.29) is 23.9 Å². The van der Waals surface area contributed by atoms with Gasteiger partial charge in [-0.3, -0.25) is 9.59 Å². The molecule has 0 aromatic heterocycles. The highest BCUT2D eigenvalue weighted by Crippen LogP contribution is 2.18. The minimum absolute atomic E-state index is 0.00686. The molecule has 2 rings (SSSR count). The summed E-state index contributed by atoms with van der Waals surface area (Å²) in [5, 5.41) is 8.96. The summed E-state index contributed by atoms with van der Waals surface area (Å²) in [6.45, 7) is -0.108. The number of aliphatic hydroxyl groups excluding tert-OH is 1. The first-order valence-corrected chi connectivity index (χ1v) is 5.05. The molecule has 0 amide bonds. The van der Waals surface area contributed by atoms with E-state index in [4.69, 9.17) is 9.84 Å². The third kappa shape index (κ3) is 2.68. The van der Waals surface area contributed by atoms with Crippen molar-refractivity contribution in [3.8, 4) is 5.75 Å². The second kappa shape index (κ2) is 4.76. The van der Waals surface area contributed by atoms with Crippen molar-refractivity contribution in [2.75, 3.05) is 0 Å². The lowest BCUT2D eigenvalue weighted by atomic mass is 10.1. The van der Waals surface area contributed by atoms with Crippen molar-refractivity contribution >= 4 is 11.6 Å². The van der Waals surface area contributed by atoms with E-state index in [1.165, 1.54) is 12.2 Å². The van der Waals surface area contributed by atoms with Crippen LogP contribution in [0.15, 0.2) is 48.3 Å². The van der Waals surface area contributed by atoms with Gasteiger partial charge in [0, 0.05) is 6.08 Å². The summed E-state index contributed by atoms with van der Waals surface area (Å²) in [7, 11) is 0. The molecule has 1 aliphatic rings. The van der Waals surface area contributed by atoms with E-state index in [9.17, 15) is 9.59 Å². The van der Waals surface area contributed by atoms with Crippen molar-refractivity contribution in [2.45, 2.75) is 6.61 Å². The van der Waals surface area contributed by atoms with Crippen LogP contribution in [0.1, 0.15) is 5.56 Å². The zero-order valence-corrected chi connectivity index (χ0v) is 8.92. The van der Waals surface area contributed by atoms with E-state index in [2.05, 4.69) is 0 Å². The lowest BCUT2D eigenvalue weighted by Crippen LogP contribution is -2.12. The third-order valence-electron chi connectivity index (χ3n) is 2.22. The topological polar surface area (TPSA) is 63.6 Å². The van der Waals surface area contributed by atoms with Gasteiger partial charge < -0.3 is 9.84 Å². The molecule has 0 saturated heterocycles. The molecule has 1 aromatic carbocycles. The van der Waals surface area contributed by atoms with Crippen LogP contribution >= 0.6 is 0 Å². The summed E-state index contributed by atoms with van der Waals surface area (Å²) in [5.74, 6) is -0.219. The third-order valence-corrected chi connectivity index (χ3v) is 2.22. The molecule has 0 heterocycles. The van der Waals surface area contributed by atoms with Gasteiger partial charge in [-0.25, -0.2) is 0 Å². The number of ketones is 2. The first-order chi connectivity index (χ1) is 8.19. The van der Waals surface area contributed by atoms with Gasteiger partial charge in [-0.1, -0.05) is 12.1 Å². The van der Waals surface area contributed by atoms with Crippen LogP contribution in [0.25, 0.3) is 0 Å². The maximum Gasteiger partial charge on any atom is 0.221 e. The molecule has 0 unspecified atom stereocenters. The van der Waals surface area contributed by atoms with E-state index in [0.717, 1.165) is 6.08 Å². The highest BCUT2D eigenvalue weighted by atomic mass is 16.5. The molecular weight excluding hydrogens is 220 g/mol. The van der Waals surface area contributed by atoms with Crippen LogP contribution in [0.5, 0.6) is 5.75 Å². The molecule has 17 heavy (non-hydrogen) atoms. The Morgan fingerprint density at radius 2 is 2.00 bits per heavy atom. The van der Waals surface area contributed by atoms with Gasteiger partial charge in [0.05, 0.1) is 6.61 Å². The molecule has 0 saturated carbocycles. The largest absolute Gasteiger partial charge is 0.453 e. The smallest absolute Gasteiger partial charge is 0.221 e. The lowest BCUT2D eigenvalue weighted by molar-refractivity contribution is -0.116. The number of benzene rings is 1. The number of carbonyl (C=O) groups excluding carboxylic acids is 2. The van der Waals surface area contributed by atoms with Crippen molar-refractivity contribution in [1.82, 2.24) is 0 Å². The Morgan fingerprint density at radius 1 is 1.18 bits per heavy atom. The number of hydrogen-bond acceptors (Lipinski definition) is 4. The average Bonchev–Trinajstić information content (AvgIpc) is 2.34. The summed E-state index contributed by atoms with van der Waals surface area (Å²) in [5.41, 5.74) is 0.674. The summed E-state index contributed by atoms with van der Waals surface area (Å²) < 4.78 is 5.31. The molecule has 0 radical (unpaired) electrons. The second-order valence-corrected chi connectivity index (χ2v) is 3.52. The van der Waals surface area contributed by atoms with E-state index in [0.29, 0.717) is 11.3 Å². The average molecular weight is 230 g/mol. The van der Waals surface area contributed by atoms with Crippen LogP contribution in [0.4, 0.5) is 0 Å². The van der Waals surface area contributed by atoms with Gasteiger partial charge in [0.2, 0.25) is 5.78 Å². The predicted octanol–water partition coefficient (Wildman–Crippen LogP) is 1.15. The van der Waals surface area contributed by atoms with Gasteiger partial charge in [-0.2, -0.15) is 0 Å². The number of hydrogen-bond donors (Lipinski definition) is 1. The molecule has 0 spiro atoms. The maximum atomic E-state index is 11.4. The SMILES string of the molecule is O=C1C=CC(=O)C(Oc2cccc(CO)c2)=C1. The van der Waals surface area contributed by atoms with Gasteiger partial charge in [0.15, 0.2) is 11.5 Å². The standard InChI is InChI=1S/C13H10O4/c14-8-9-2-1-3-11(6-9)17-13-7-10(15)4-5-12(13)16/h1-7,14H,8H2. The van der Waals surface area contributed by atoms with Crippen LogP contribution in [-0.2, 0) is 16.2 Å². The fourth-order valence-electron chi connectivity index (χ4n) is 1.40. The first-order valence-electron chi connectivity index (χ1n) is 5.05. The molecular formula is C13H10O4. The molecule has 1 N–H and O–H groups in total. The summed E-state index contributed by atoms with van der Waals surface area (Å²) in [6.07, 6.45) is 3.51. The minimum Gasteiger partial charge on any atom is -0.453 e. The number of rotatable bonds is 3. The van der Waals surface area contributed by atoms with Gasteiger partial charge in [-0.15, -0.1) is 0 Å². The Bertz CT molecular complexity index is 526. The van der Waals surface area contributed by atoms with Gasteiger partial charge in [-0.05, 0) is 29.8 Å². The van der Waals surface area contributed by atoms with E-state index < -0.39 is 0 Å². The molecule has 86 valence electrons. The van der Waals surface area contributed by atoms with Gasteiger partial charge in [0.1, 0.15) is 5.75 Å². The van der Waals surface area contributed by atoms with Crippen molar-refractivity contribution in [1.29, 1.82) is 0 Å². The van der Waals surface area contributed by atoms with Crippen LogP contribution in [0.3, 0.4) is 0 Å². The summed E-state index contributed by atoms with van der Waals surface area (Å²) in [6, 6.07) is 6.69. The van der Waals surface area contributed by atoms with Crippen molar-refractivity contribution in [2.24, 2.45) is 0 Å². The van der Waals surface area contributed by atoms with Crippen LogP contribution in [0, 0.1) is 0 Å². The highest BCUT2D eigenvalue weighted by Gasteiger charge is 2.15. The van der Waals surface area contributed by atoms with Crippen molar-refractivity contribution in [3.63, 3.8) is 0 Å². The van der Waals surface area contributed by atoms with Crippen molar-refractivity contribution in [3.05, 3.63) is 53.8 Å². The van der Waals surface area contributed by atoms with E-state index >= 15 is 0 Å². The highest BCUT2D eigenvalue weighted by molar-refractivity contribution is 6.16. The zero-order valence-electron chi connectivity index (χ0n) is 8.92. The molecule has 1 aliphatic carbocycles. The number of carbonyl (C=O) groups is 2. The fraction of sp³-hybridized carbons (Fsp3) is 0.0769.